The number of aromatic nitrogens is 2. The molecule has 0 aliphatic heterocycles. The van der Waals surface area contributed by atoms with Crippen molar-refractivity contribution in [3.05, 3.63) is 64.9 Å². The van der Waals surface area contributed by atoms with Crippen molar-refractivity contribution in [2.75, 3.05) is 0 Å². The van der Waals surface area contributed by atoms with Crippen LogP contribution in [0.4, 0.5) is 0 Å². The van der Waals surface area contributed by atoms with Gasteiger partial charge in [0.25, 0.3) is 0 Å². The van der Waals surface area contributed by atoms with Crippen molar-refractivity contribution >= 4 is 22.6 Å². The minimum atomic E-state index is -0.580. The van der Waals surface area contributed by atoms with Gasteiger partial charge >= 0.3 is 0 Å². The van der Waals surface area contributed by atoms with Crippen LogP contribution in [-0.4, -0.2) is 14.7 Å². The van der Waals surface area contributed by atoms with Gasteiger partial charge < -0.3 is 9.67 Å². The summed E-state index contributed by atoms with van der Waals surface area (Å²) in [6.45, 7) is 2.43. The molecule has 3 nitrogen and oxygen atoms in total. The van der Waals surface area contributed by atoms with Gasteiger partial charge in [-0.05, 0) is 36.8 Å². The fourth-order valence-electron chi connectivity index (χ4n) is 2.39. The second kappa shape index (κ2) is 5.27. The number of imidazole rings is 1. The van der Waals surface area contributed by atoms with Gasteiger partial charge in [0.1, 0.15) is 5.82 Å². The molecule has 0 fully saturated rings. The van der Waals surface area contributed by atoms with Gasteiger partial charge in [-0.25, -0.2) is 4.98 Å². The lowest BCUT2D eigenvalue weighted by Crippen LogP contribution is -2.10. The quantitative estimate of drug-likeness (QED) is 0.797. The molecule has 2 aromatic carbocycles. The van der Waals surface area contributed by atoms with Crippen molar-refractivity contribution in [3.63, 3.8) is 0 Å². The Balaban J connectivity index is 1.92. The number of aliphatic hydroxyl groups excluding tert-OH is 1. The molecule has 0 spiro atoms. The summed E-state index contributed by atoms with van der Waals surface area (Å²) in [5.41, 5.74) is 2.85. The van der Waals surface area contributed by atoms with E-state index in [9.17, 15) is 5.11 Å². The third-order valence-corrected chi connectivity index (χ3v) is 3.71. The Labute approximate surface area is 122 Å². The Bertz CT molecular complexity index is 734. The molecule has 0 aliphatic rings. The van der Waals surface area contributed by atoms with Gasteiger partial charge in [0, 0.05) is 5.02 Å². The van der Waals surface area contributed by atoms with Crippen LogP contribution in [0.15, 0.2) is 48.5 Å². The summed E-state index contributed by atoms with van der Waals surface area (Å²) in [6, 6.07) is 15.2. The third kappa shape index (κ3) is 2.42. The molecule has 1 heterocycles. The second-order valence-electron chi connectivity index (χ2n) is 4.83. The minimum Gasteiger partial charge on any atom is -0.387 e. The number of rotatable bonds is 3. The van der Waals surface area contributed by atoms with E-state index < -0.39 is 6.10 Å². The molecule has 1 aromatic heterocycles. The fourth-order valence-corrected chi connectivity index (χ4v) is 2.52. The molecule has 102 valence electrons. The van der Waals surface area contributed by atoms with Crippen molar-refractivity contribution in [3.8, 4) is 0 Å². The van der Waals surface area contributed by atoms with E-state index in [-0.39, 0.29) is 0 Å². The largest absolute Gasteiger partial charge is 0.387 e. The van der Waals surface area contributed by atoms with Crippen LogP contribution in [-0.2, 0) is 6.54 Å². The summed E-state index contributed by atoms with van der Waals surface area (Å²) in [5.74, 6) is 0.902. The highest BCUT2D eigenvalue weighted by atomic mass is 35.5. The number of hydrogen-bond acceptors (Lipinski definition) is 2. The standard InChI is InChI=1S/C16H15ClN2O/c1-11-18-14-4-2-3-5-15(14)19(11)10-16(20)12-6-8-13(17)9-7-12/h2-9,16,20H,10H2,1H3/t16-/m0/s1. The molecule has 0 unspecified atom stereocenters. The van der Waals surface area contributed by atoms with E-state index in [0.29, 0.717) is 11.6 Å². The summed E-state index contributed by atoms with van der Waals surface area (Å²) in [4.78, 5) is 4.50. The van der Waals surface area contributed by atoms with Gasteiger partial charge in [-0.2, -0.15) is 0 Å². The molecule has 0 bridgehead atoms. The molecule has 1 N–H and O–H groups in total. The van der Waals surface area contributed by atoms with Crippen LogP contribution >= 0.6 is 11.6 Å². The molecular formula is C16H15ClN2O. The summed E-state index contributed by atoms with van der Waals surface area (Å²) in [7, 11) is 0. The van der Waals surface area contributed by atoms with Crippen LogP contribution in [0, 0.1) is 6.92 Å². The molecule has 0 aliphatic carbocycles. The summed E-state index contributed by atoms with van der Waals surface area (Å²) >= 11 is 5.87. The lowest BCUT2D eigenvalue weighted by atomic mass is 10.1. The maximum atomic E-state index is 10.4. The topological polar surface area (TPSA) is 38.0 Å². The highest BCUT2D eigenvalue weighted by Crippen LogP contribution is 2.22. The normalized spacial score (nSPS) is 12.8. The molecule has 0 saturated carbocycles. The highest BCUT2D eigenvalue weighted by molar-refractivity contribution is 6.30. The molecule has 4 heteroatoms. The molecule has 20 heavy (non-hydrogen) atoms. The SMILES string of the molecule is Cc1nc2ccccc2n1C[C@H](O)c1ccc(Cl)cc1. The van der Waals surface area contributed by atoms with Gasteiger partial charge in [-0.15, -0.1) is 0 Å². The zero-order valence-corrected chi connectivity index (χ0v) is 11.9. The lowest BCUT2D eigenvalue weighted by molar-refractivity contribution is 0.157. The molecule has 0 amide bonds. The van der Waals surface area contributed by atoms with Crippen molar-refractivity contribution in [1.29, 1.82) is 0 Å². The van der Waals surface area contributed by atoms with Crippen LogP contribution in [0.25, 0.3) is 11.0 Å². The molecule has 1 atom stereocenters. The van der Waals surface area contributed by atoms with Crippen LogP contribution < -0.4 is 0 Å². The highest BCUT2D eigenvalue weighted by Gasteiger charge is 2.13. The summed E-state index contributed by atoms with van der Waals surface area (Å²) < 4.78 is 2.04. The Morgan fingerprint density at radius 2 is 1.85 bits per heavy atom. The summed E-state index contributed by atoms with van der Waals surface area (Å²) in [5, 5.41) is 11.0. The van der Waals surface area contributed by atoms with Gasteiger partial charge in [0.05, 0.1) is 23.7 Å². The number of aliphatic hydroxyl groups is 1. The van der Waals surface area contributed by atoms with E-state index in [4.69, 9.17) is 11.6 Å². The van der Waals surface area contributed by atoms with Crippen molar-refractivity contribution in [1.82, 2.24) is 9.55 Å². The number of halogens is 1. The Kier molecular flexibility index (Phi) is 3.47. The summed E-state index contributed by atoms with van der Waals surface area (Å²) in [6.07, 6.45) is -0.580. The average Bonchev–Trinajstić information content (AvgIpc) is 2.76. The van der Waals surface area contributed by atoms with Crippen molar-refractivity contribution < 1.29 is 5.11 Å². The number of nitrogens with zero attached hydrogens (tertiary/aromatic N) is 2. The first-order valence-corrected chi connectivity index (χ1v) is 6.88. The zero-order valence-electron chi connectivity index (χ0n) is 11.1. The van der Waals surface area contributed by atoms with E-state index in [1.807, 2.05) is 47.9 Å². The molecule has 0 radical (unpaired) electrons. The number of aryl methyl sites for hydroxylation is 1. The van der Waals surface area contributed by atoms with E-state index in [1.54, 1.807) is 12.1 Å². The van der Waals surface area contributed by atoms with Gasteiger partial charge in [0.2, 0.25) is 0 Å². The first-order valence-electron chi connectivity index (χ1n) is 6.50. The first-order chi connectivity index (χ1) is 9.65. The van der Waals surface area contributed by atoms with Gasteiger partial charge in [-0.1, -0.05) is 35.9 Å². The number of para-hydroxylation sites is 2. The van der Waals surface area contributed by atoms with Crippen molar-refractivity contribution in [2.24, 2.45) is 0 Å². The maximum Gasteiger partial charge on any atom is 0.106 e. The minimum absolute atomic E-state index is 0.480. The smallest absolute Gasteiger partial charge is 0.106 e. The Morgan fingerprint density at radius 1 is 1.15 bits per heavy atom. The van der Waals surface area contributed by atoms with Crippen LogP contribution in [0.2, 0.25) is 5.02 Å². The van der Waals surface area contributed by atoms with E-state index in [1.165, 1.54) is 0 Å². The predicted octanol–water partition coefficient (Wildman–Crippen LogP) is 3.73. The predicted molar refractivity (Wildman–Crippen MR) is 80.9 cm³/mol. The van der Waals surface area contributed by atoms with Crippen LogP contribution in [0.3, 0.4) is 0 Å². The molecule has 3 rings (SSSR count). The lowest BCUT2D eigenvalue weighted by Gasteiger charge is -2.14. The van der Waals surface area contributed by atoms with Crippen LogP contribution in [0.5, 0.6) is 0 Å². The maximum absolute atomic E-state index is 10.4. The third-order valence-electron chi connectivity index (χ3n) is 3.46. The Hall–Kier alpha value is -1.84. The van der Waals surface area contributed by atoms with Crippen molar-refractivity contribution in [2.45, 2.75) is 19.6 Å². The molecule has 0 saturated heterocycles. The average molecular weight is 287 g/mol. The molecule has 3 aromatic rings. The number of fused-ring (bicyclic) bond motifs is 1. The fraction of sp³-hybridized carbons (Fsp3) is 0.188. The van der Waals surface area contributed by atoms with Gasteiger partial charge in [0.15, 0.2) is 0 Å². The second-order valence-corrected chi connectivity index (χ2v) is 5.26. The van der Waals surface area contributed by atoms with Crippen LogP contribution in [0.1, 0.15) is 17.5 Å². The van der Waals surface area contributed by atoms with E-state index in [0.717, 1.165) is 22.4 Å². The number of hydrogen-bond donors (Lipinski definition) is 1. The zero-order chi connectivity index (χ0) is 14.1. The van der Waals surface area contributed by atoms with E-state index in [2.05, 4.69) is 4.98 Å². The first kappa shape index (κ1) is 13.2. The van der Waals surface area contributed by atoms with Gasteiger partial charge in [-0.3, -0.25) is 0 Å². The molecular weight excluding hydrogens is 272 g/mol. The Morgan fingerprint density at radius 3 is 2.60 bits per heavy atom. The number of benzene rings is 2. The van der Waals surface area contributed by atoms with E-state index >= 15 is 0 Å². The monoisotopic (exact) mass is 286 g/mol.